The number of imidazole rings is 1. The predicted octanol–water partition coefficient (Wildman–Crippen LogP) is 5.96. The van der Waals surface area contributed by atoms with E-state index in [2.05, 4.69) is 58.4 Å². The van der Waals surface area contributed by atoms with E-state index in [1.54, 1.807) is 17.3 Å². The number of aromatic nitrogens is 4. The van der Waals surface area contributed by atoms with E-state index in [9.17, 15) is 19.2 Å². The normalized spacial score (nSPS) is 15.5. The highest BCUT2D eigenvalue weighted by Gasteiger charge is 2.39. The third-order valence-corrected chi connectivity index (χ3v) is 9.74. The number of hydrogen-bond acceptors (Lipinski definition) is 7. The van der Waals surface area contributed by atoms with Gasteiger partial charge in [0.15, 0.2) is 0 Å². The lowest BCUT2D eigenvalue weighted by atomic mass is 9.92. The third-order valence-electron chi connectivity index (χ3n) is 9.74. The number of imide groups is 1. The molecule has 5 amide bonds. The molecule has 13 nitrogen and oxygen atoms in total. The van der Waals surface area contributed by atoms with Crippen molar-refractivity contribution in [3.05, 3.63) is 89.4 Å². The summed E-state index contributed by atoms with van der Waals surface area (Å²) in [5, 5.41) is 12.7. The Balaban J connectivity index is 0.928. The van der Waals surface area contributed by atoms with E-state index in [1.165, 1.54) is 0 Å². The molecule has 0 bridgehead atoms. The van der Waals surface area contributed by atoms with Crippen molar-refractivity contribution in [2.75, 3.05) is 11.9 Å². The van der Waals surface area contributed by atoms with Crippen molar-refractivity contribution in [1.82, 2.24) is 30.0 Å². The first-order valence-corrected chi connectivity index (χ1v) is 18.1. The number of nitrogens with two attached hydrogens (primary N) is 1. The molecule has 0 spiro atoms. The maximum atomic E-state index is 13.1. The number of rotatable bonds is 10. The molecule has 2 aliphatic heterocycles. The highest BCUT2D eigenvalue weighted by atomic mass is 16.5. The zero-order valence-corrected chi connectivity index (χ0v) is 30.5. The van der Waals surface area contributed by atoms with E-state index in [-0.39, 0.29) is 23.7 Å². The van der Waals surface area contributed by atoms with Gasteiger partial charge in [-0.15, -0.1) is 0 Å². The molecule has 4 heterocycles. The molecule has 54 heavy (non-hydrogen) atoms. The second-order valence-electron chi connectivity index (χ2n) is 14.6. The number of aromatic amines is 1. The van der Waals surface area contributed by atoms with Gasteiger partial charge in [-0.2, -0.15) is 5.10 Å². The van der Waals surface area contributed by atoms with Gasteiger partial charge in [0, 0.05) is 58.9 Å². The minimum Gasteiger partial charge on any atom is -0.494 e. The Morgan fingerprint density at radius 2 is 1.89 bits per heavy atom. The van der Waals surface area contributed by atoms with Crippen LogP contribution < -0.4 is 21.1 Å². The van der Waals surface area contributed by atoms with Gasteiger partial charge >= 0.3 is 6.03 Å². The number of primary amides is 1. The van der Waals surface area contributed by atoms with Crippen LogP contribution in [0.25, 0.3) is 28.0 Å². The van der Waals surface area contributed by atoms with Gasteiger partial charge in [0.1, 0.15) is 18.1 Å². The van der Waals surface area contributed by atoms with Crippen LogP contribution in [0.4, 0.5) is 10.5 Å². The van der Waals surface area contributed by atoms with Gasteiger partial charge in [-0.3, -0.25) is 29.4 Å². The molecule has 0 saturated carbocycles. The highest BCUT2D eigenvalue weighted by molar-refractivity contribution is 6.05. The SMILES string of the molecule is CC(C)(C)c1cc(-c2cc(-n3cnc4cc(OCCCCCC#Cc5cccc6c5CN(C5CCC(=O)NC5=O)C6=O)ccc43)ccc2NC(N)=O)n[nH]1. The summed E-state index contributed by atoms with van der Waals surface area (Å²) < 4.78 is 8.04. The van der Waals surface area contributed by atoms with Crippen LogP contribution >= 0.6 is 0 Å². The lowest BCUT2D eigenvalue weighted by Gasteiger charge is -2.29. The number of carbonyl (C=O) groups is 4. The molecular formula is C41H42N8O5. The van der Waals surface area contributed by atoms with E-state index in [1.807, 2.05) is 59.2 Å². The van der Waals surface area contributed by atoms with Crippen LogP contribution in [-0.2, 0) is 21.5 Å². The molecule has 1 atom stereocenters. The Morgan fingerprint density at radius 3 is 2.67 bits per heavy atom. The van der Waals surface area contributed by atoms with E-state index >= 15 is 0 Å². The fourth-order valence-corrected chi connectivity index (χ4v) is 6.81. The Morgan fingerprint density at radius 1 is 1.04 bits per heavy atom. The first-order valence-electron chi connectivity index (χ1n) is 18.1. The van der Waals surface area contributed by atoms with Crippen molar-refractivity contribution in [2.45, 2.75) is 77.3 Å². The van der Waals surface area contributed by atoms with Gasteiger partial charge < -0.3 is 20.7 Å². The average molecular weight is 727 g/mol. The van der Waals surface area contributed by atoms with Gasteiger partial charge in [0.05, 0.1) is 29.0 Å². The fourth-order valence-electron chi connectivity index (χ4n) is 6.81. The van der Waals surface area contributed by atoms with E-state index in [0.29, 0.717) is 42.9 Å². The number of ether oxygens (including phenoxy) is 1. The fraction of sp³-hybridized carbons (Fsp3) is 0.317. The van der Waals surface area contributed by atoms with Gasteiger partial charge in [-0.1, -0.05) is 38.7 Å². The largest absolute Gasteiger partial charge is 0.494 e. The number of nitrogens with one attached hydrogen (secondary N) is 3. The van der Waals surface area contributed by atoms with Crippen molar-refractivity contribution >= 4 is 40.5 Å². The van der Waals surface area contributed by atoms with Crippen molar-refractivity contribution in [3.8, 4) is 34.5 Å². The van der Waals surface area contributed by atoms with Crippen molar-refractivity contribution in [3.63, 3.8) is 0 Å². The monoisotopic (exact) mass is 726 g/mol. The molecule has 0 aliphatic carbocycles. The van der Waals surface area contributed by atoms with Crippen LogP contribution in [0.5, 0.6) is 5.75 Å². The Hall–Kier alpha value is -6.42. The second-order valence-corrected chi connectivity index (χ2v) is 14.6. The number of benzene rings is 3. The number of anilines is 1. The predicted molar refractivity (Wildman–Crippen MR) is 204 cm³/mol. The summed E-state index contributed by atoms with van der Waals surface area (Å²) in [7, 11) is 0. The Labute approximate surface area is 312 Å². The molecular weight excluding hydrogens is 685 g/mol. The molecule has 1 unspecified atom stereocenters. The minimum absolute atomic E-state index is 0.128. The van der Waals surface area contributed by atoms with Crippen LogP contribution in [0, 0.1) is 11.8 Å². The number of H-pyrrole nitrogens is 1. The number of carbonyl (C=O) groups excluding carboxylic acids is 4. The smallest absolute Gasteiger partial charge is 0.316 e. The van der Waals surface area contributed by atoms with Gasteiger partial charge in [-0.25, -0.2) is 9.78 Å². The molecule has 7 rings (SSSR count). The number of hydrogen-bond donors (Lipinski definition) is 4. The molecule has 1 saturated heterocycles. The highest BCUT2D eigenvalue weighted by Crippen LogP contribution is 2.34. The number of amides is 5. The number of fused-ring (bicyclic) bond motifs is 2. The zero-order valence-electron chi connectivity index (χ0n) is 30.5. The number of piperidine rings is 1. The topological polar surface area (TPSA) is 177 Å². The quantitative estimate of drug-likeness (QED) is 0.0780. The van der Waals surface area contributed by atoms with E-state index < -0.39 is 18.0 Å². The molecule has 2 aromatic heterocycles. The average Bonchev–Trinajstić information content (AvgIpc) is 3.88. The van der Waals surface area contributed by atoms with Crippen molar-refractivity contribution in [2.24, 2.45) is 5.73 Å². The first-order chi connectivity index (χ1) is 26.0. The minimum atomic E-state index is -0.654. The van der Waals surface area contributed by atoms with Gasteiger partial charge in [-0.05, 0) is 79.8 Å². The third kappa shape index (κ3) is 7.54. The summed E-state index contributed by atoms with van der Waals surface area (Å²) in [5.41, 5.74) is 13.0. The first kappa shape index (κ1) is 36.0. The molecule has 2 aliphatic rings. The van der Waals surface area contributed by atoms with Crippen LogP contribution in [0.3, 0.4) is 0 Å². The van der Waals surface area contributed by atoms with Gasteiger partial charge in [0.25, 0.3) is 5.91 Å². The Kier molecular flexibility index (Phi) is 9.92. The molecule has 5 N–H and O–H groups in total. The molecule has 5 aromatic rings. The molecule has 276 valence electrons. The van der Waals surface area contributed by atoms with Crippen LogP contribution in [0.1, 0.15) is 86.5 Å². The summed E-state index contributed by atoms with van der Waals surface area (Å²) in [4.78, 5) is 55.0. The number of unbranched alkanes of at least 4 members (excludes halogenated alkanes) is 3. The molecule has 0 radical (unpaired) electrons. The Bertz CT molecular complexity index is 2340. The van der Waals surface area contributed by atoms with Crippen LogP contribution in [0.15, 0.2) is 67.0 Å². The van der Waals surface area contributed by atoms with E-state index in [4.69, 9.17) is 10.5 Å². The second kappa shape index (κ2) is 14.9. The van der Waals surface area contributed by atoms with Crippen molar-refractivity contribution in [1.29, 1.82) is 0 Å². The summed E-state index contributed by atoms with van der Waals surface area (Å²) >= 11 is 0. The lowest BCUT2D eigenvalue weighted by molar-refractivity contribution is -0.136. The molecule has 3 aromatic carbocycles. The number of nitrogens with zero attached hydrogens (tertiary/aromatic N) is 4. The summed E-state index contributed by atoms with van der Waals surface area (Å²) in [5.74, 6) is 6.29. The van der Waals surface area contributed by atoms with E-state index in [0.717, 1.165) is 64.1 Å². The summed E-state index contributed by atoms with van der Waals surface area (Å²) in [6.45, 7) is 7.16. The molecule has 1 fully saturated rings. The number of urea groups is 1. The van der Waals surface area contributed by atoms with Crippen molar-refractivity contribution < 1.29 is 23.9 Å². The van der Waals surface area contributed by atoms with Crippen LogP contribution in [-0.4, -0.2) is 61.0 Å². The standard InChI is InChI=1S/C41H42N8O5/c1-41(2,3)36-22-32(46-47-36)29-20-26(13-15-31(29)44-40(42)53)49-24-43-33-21-27(14-16-34(33)49)54-19-8-6-4-5-7-10-25-11-9-12-28-30(25)23-48(39(28)52)35-17-18-37(50)45-38(35)51/h9,11-16,20-22,24,35H,4-6,8,17-19,23H2,1-3H3,(H,46,47)(H3,42,44,53)(H,45,50,51). The maximum absolute atomic E-state index is 13.1. The van der Waals surface area contributed by atoms with Crippen LogP contribution in [0.2, 0.25) is 0 Å². The summed E-state index contributed by atoms with van der Waals surface area (Å²) in [6.07, 6.45) is 5.73. The maximum Gasteiger partial charge on any atom is 0.316 e. The van der Waals surface area contributed by atoms with Gasteiger partial charge in [0.2, 0.25) is 11.8 Å². The lowest BCUT2D eigenvalue weighted by Crippen LogP contribution is -2.52. The zero-order chi connectivity index (χ0) is 38.0. The summed E-state index contributed by atoms with van der Waals surface area (Å²) in [6, 6.07) is 17.7. The molecule has 13 heteroatoms.